The molecule has 0 aliphatic rings. The summed E-state index contributed by atoms with van der Waals surface area (Å²) in [7, 11) is 0. The summed E-state index contributed by atoms with van der Waals surface area (Å²) in [6.45, 7) is 8.82. The van der Waals surface area contributed by atoms with E-state index >= 15 is 0 Å². The molecule has 0 saturated carbocycles. The third-order valence-electron chi connectivity index (χ3n) is 3.48. The van der Waals surface area contributed by atoms with E-state index in [0.29, 0.717) is 22.9 Å². The molecular formula is C18H22N4O3. The highest BCUT2D eigenvalue weighted by Crippen LogP contribution is 2.19. The Morgan fingerprint density at radius 1 is 1.12 bits per heavy atom. The van der Waals surface area contributed by atoms with Crippen LogP contribution in [0.3, 0.4) is 0 Å². The summed E-state index contributed by atoms with van der Waals surface area (Å²) >= 11 is 0. The molecule has 0 unspecified atom stereocenters. The van der Waals surface area contributed by atoms with Gasteiger partial charge >= 0.3 is 0 Å². The molecule has 2 amide bonds. The topological polar surface area (TPSA) is 104 Å². The Labute approximate surface area is 145 Å². The molecule has 0 fully saturated rings. The number of aromatic nitrogens is 2. The van der Waals surface area contributed by atoms with Crippen LogP contribution in [0.25, 0.3) is 0 Å². The van der Waals surface area contributed by atoms with Gasteiger partial charge in [-0.25, -0.2) is 4.98 Å². The van der Waals surface area contributed by atoms with E-state index in [9.17, 15) is 14.4 Å². The van der Waals surface area contributed by atoms with E-state index in [2.05, 4.69) is 20.6 Å². The Bertz CT molecular complexity index is 879. The van der Waals surface area contributed by atoms with Gasteiger partial charge in [-0.2, -0.15) is 0 Å². The zero-order valence-electron chi connectivity index (χ0n) is 15.0. The van der Waals surface area contributed by atoms with Crippen molar-refractivity contribution in [3.8, 4) is 0 Å². The van der Waals surface area contributed by atoms with E-state index in [1.807, 2.05) is 20.8 Å². The molecule has 1 aromatic heterocycles. The Morgan fingerprint density at radius 3 is 2.24 bits per heavy atom. The zero-order chi connectivity index (χ0) is 18.8. The lowest BCUT2D eigenvalue weighted by Crippen LogP contribution is -2.30. The molecule has 0 atom stereocenters. The van der Waals surface area contributed by atoms with Crippen molar-refractivity contribution in [3.05, 3.63) is 51.7 Å². The van der Waals surface area contributed by atoms with Crippen molar-refractivity contribution in [2.45, 2.75) is 40.0 Å². The number of anilines is 2. The molecule has 0 aliphatic carbocycles. The molecule has 0 radical (unpaired) electrons. The number of nitrogens with one attached hydrogen (secondary N) is 3. The van der Waals surface area contributed by atoms with Crippen molar-refractivity contribution in [1.29, 1.82) is 0 Å². The standard InChI is InChI=1S/C18H22N4O3/c1-10-14(16(25)22-17(19-10)18(3,4)5)15(24)21-13-8-6-7-12(9-13)20-11(2)23/h6-9H,1-5H3,(H,20,23)(H,21,24)(H,19,22,25). The number of H-pyrrole nitrogens is 1. The van der Waals surface area contributed by atoms with Crippen LogP contribution in [0.4, 0.5) is 11.4 Å². The van der Waals surface area contributed by atoms with Crippen molar-refractivity contribution < 1.29 is 9.59 Å². The number of aryl methyl sites for hydroxylation is 1. The fourth-order valence-electron chi connectivity index (χ4n) is 2.28. The van der Waals surface area contributed by atoms with Gasteiger partial charge in [0.2, 0.25) is 5.91 Å². The third-order valence-corrected chi connectivity index (χ3v) is 3.48. The minimum atomic E-state index is -0.549. The minimum Gasteiger partial charge on any atom is -0.326 e. The molecule has 2 rings (SSSR count). The summed E-state index contributed by atoms with van der Waals surface area (Å²) in [6.07, 6.45) is 0. The highest BCUT2D eigenvalue weighted by atomic mass is 16.2. The lowest BCUT2D eigenvalue weighted by molar-refractivity contribution is -0.114. The number of hydrogen-bond donors (Lipinski definition) is 3. The van der Waals surface area contributed by atoms with Gasteiger partial charge in [0.1, 0.15) is 11.4 Å². The van der Waals surface area contributed by atoms with Crippen molar-refractivity contribution in [2.24, 2.45) is 0 Å². The van der Waals surface area contributed by atoms with Gasteiger partial charge in [-0.15, -0.1) is 0 Å². The number of benzene rings is 1. The number of aromatic amines is 1. The molecular weight excluding hydrogens is 320 g/mol. The van der Waals surface area contributed by atoms with Crippen molar-refractivity contribution in [2.75, 3.05) is 10.6 Å². The molecule has 132 valence electrons. The fraction of sp³-hybridized carbons (Fsp3) is 0.333. The predicted octanol–water partition coefficient (Wildman–Crippen LogP) is 2.59. The highest BCUT2D eigenvalue weighted by molar-refractivity contribution is 6.05. The number of carbonyl (C=O) groups excluding carboxylic acids is 2. The monoisotopic (exact) mass is 342 g/mol. The first-order valence-corrected chi connectivity index (χ1v) is 7.88. The third kappa shape index (κ3) is 4.53. The smallest absolute Gasteiger partial charge is 0.264 e. The van der Waals surface area contributed by atoms with Gasteiger partial charge in [0, 0.05) is 23.7 Å². The van der Waals surface area contributed by atoms with Crippen LogP contribution in [0.5, 0.6) is 0 Å². The summed E-state index contributed by atoms with van der Waals surface area (Å²) in [5.74, 6) is -0.233. The van der Waals surface area contributed by atoms with Crippen LogP contribution in [0.2, 0.25) is 0 Å². The van der Waals surface area contributed by atoms with Gasteiger partial charge in [0.15, 0.2) is 0 Å². The first-order valence-electron chi connectivity index (χ1n) is 7.88. The quantitative estimate of drug-likeness (QED) is 0.797. The highest BCUT2D eigenvalue weighted by Gasteiger charge is 2.22. The average molecular weight is 342 g/mol. The molecule has 7 heteroatoms. The predicted molar refractivity (Wildman–Crippen MR) is 97.0 cm³/mol. The first-order chi connectivity index (χ1) is 11.6. The van der Waals surface area contributed by atoms with Gasteiger partial charge in [-0.05, 0) is 25.1 Å². The first kappa shape index (κ1) is 18.4. The van der Waals surface area contributed by atoms with Crippen LogP contribution in [-0.4, -0.2) is 21.8 Å². The number of hydrogen-bond acceptors (Lipinski definition) is 4. The molecule has 0 spiro atoms. The van der Waals surface area contributed by atoms with Crippen molar-refractivity contribution in [3.63, 3.8) is 0 Å². The Kier molecular flexibility index (Phi) is 5.06. The summed E-state index contributed by atoms with van der Waals surface area (Å²) < 4.78 is 0. The van der Waals surface area contributed by atoms with Gasteiger partial charge < -0.3 is 15.6 Å². The van der Waals surface area contributed by atoms with Gasteiger partial charge in [0.25, 0.3) is 11.5 Å². The second-order valence-corrected chi connectivity index (χ2v) is 6.84. The van der Waals surface area contributed by atoms with E-state index in [1.54, 1.807) is 31.2 Å². The van der Waals surface area contributed by atoms with E-state index in [-0.39, 0.29) is 16.9 Å². The van der Waals surface area contributed by atoms with E-state index in [4.69, 9.17) is 0 Å². The Hall–Kier alpha value is -2.96. The lowest BCUT2D eigenvalue weighted by Gasteiger charge is -2.18. The largest absolute Gasteiger partial charge is 0.326 e. The number of carbonyl (C=O) groups is 2. The van der Waals surface area contributed by atoms with Crippen molar-refractivity contribution in [1.82, 2.24) is 9.97 Å². The maximum atomic E-state index is 12.5. The average Bonchev–Trinajstić information content (AvgIpc) is 2.45. The molecule has 0 bridgehead atoms. The van der Waals surface area contributed by atoms with E-state index < -0.39 is 11.5 Å². The molecule has 2 aromatic rings. The normalized spacial score (nSPS) is 11.1. The van der Waals surface area contributed by atoms with Crippen LogP contribution in [0.15, 0.2) is 29.1 Å². The lowest BCUT2D eigenvalue weighted by atomic mass is 9.95. The maximum absolute atomic E-state index is 12.5. The number of rotatable bonds is 3. The SMILES string of the molecule is CC(=O)Nc1cccc(NC(=O)c2c(C)nc(C(C)(C)C)[nH]c2=O)c1. The summed E-state index contributed by atoms with van der Waals surface area (Å²) in [5, 5.41) is 5.30. The van der Waals surface area contributed by atoms with E-state index in [1.165, 1.54) is 6.92 Å². The van der Waals surface area contributed by atoms with Crippen LogP contribution in [0, 0.1) is 6.92 Å². The second-order valence-electron chi connectivity index (χ2n) is 6.84. The molecule has 1 aromatic carbocycles. The summed E-state index contributed by atoms with van der Waals surface area (Å²) in [6, 6.07) is 6.68. The molecule has 0 saturated heterocycles. The van der Waals surface area contributed by atoms with Crippen LogP contribution < -0.4 is 16.2 Å². The Morgan fingerprint density at radius 2 is 1.72 bits per heavy atom. The zero-order valence-corrected chi connectivity index (χ0v) is 15.0. The van der Waals surface area contributed by atoms with Gasteiger partial charge in [-0.3, -0.25) is 14.4 Å². The number of nitrogens with zero attached hydrogens (tertiary/aromatic N) is 1. The minimum absolute atomic E-state index is 0.0297. The second kappa shape index (κ2) is 6.88. The number of amides is 2. The molecule has 7 nitrogen and oxygen atoms in total. The summed E-state index contributed by atoms with van der Waals surface area (Å²) in [4.78, 5) is 43.0. The molecule has 3 N–H and O–H groups in total. The maximum Gasteiger partial charge on any atom is 0.264 e. The van der Waals surface area contributed by atoms with Crippen LogP contribution >= 0.6 is 0 Å². The van der Waals surface area contributed by atoms with Crippen LogP contribution in [0.1, 0.15) is 49.6 Å². The molecule has 0 aliphatic heterocycles. The molecule has 25 heavy (non-hydrogen) atoms. The van der Waals surface area contributed by atoms with Gasteiger partial charge in [-0.1, -0.05) is 26.8 Å². The fourth-order valence-corrected chi connectivity index (χ4v) is 2.28. The molecule has 1 heterocycles. The van der Waals surface area contributed by atoms with Gasteiger partial charge in [0.05, 0.1) is 5.69 Å². The van der Waals surface area contributed by atoms with Crippen LogP contribution in [-0.2, 0) is 10.2 Å². The Balaban J connectivity index is 2.30. The van der Waals surface area contributed by atoms with Crippen molar-refractivity contribution >= 4 is 23.2 Å². The summed E-state index contributed by atoms with van der Waals surface area (Å²) in [5.41, 5.74) is 0.549. The van der Waals surface area contributed by atoms with E-state index in [0.717, 1.165) is 0 Å².